The summed E-state index contributed by atoms with van der Waals surface area (Å²) in [4.78, 5) is 15.1. The fourth-order valence-electron chi connectivity index (χ4n) is 1.71. The van der Waals surface area contributed by atoms with Crippen LogP contribution >= 0.6 is 50.2 Å². The summed E-state index contributed by atoms with van der Waals surface area (Å²) < 4.78 is 1.76. The van der Waals surface area contributed by atoms with Gasteiger partial charge in [-0.05, 0) is 59.0 Å². The third-order valence-electron chi connectivity index (χ3n) is 2.91. The van der Waals surface area contributed by atoms with Gasteiger partial charge >= 0.3 is 0 Å². The van der Waals surface area contributed by atoms with Gasteiger partial charge in [0.05, 0.1) is 19.0 Å². The van der Waals surface area contributed by atoms with E-state index in [9.17, 15) is 4.79 Å². The van der Waals surface area contributed by atoms with E-state index in [1.807, 2.05) is 18.9 Å². The molecule has 0 amide bonds. The molecule has 0 saturated heterocycles. The molecule has 2 aromatic rings. The first-order valence-corrected chi connectivity index (χ1v) is 8.57. The lowest BCUT2D eigenvalue weighted by atomic mass is 10.1. The van der Waals surface area contributed by atoms with Crippen LogP contribution in [0.25, 0.3) is 0 Å². The number of Topliss-reactive ketones (excluding diaryl/α,β-unsaturated/α-hetero) is 1. The van der Waals surface area contributed by atoms with Crippen LogP contribution in [0.15, 0.2) is 27.4 Å². The number of carbonyl (C=O) groups is 1. The summed E-state index contributed by atoms with van der Waals surface area (Å²) in [6, 6.07) is 5.48. The summed E-state index contributed by atoms with van der Waals surface area (Å²) in [6.07, 6.45) is 0. The van der Waals surface area contributed by atoms with Crippen LogP contribution in [-0.2, 0) is 6.54 Å². The van der Waals surface area contributed by atoms with E-state index < -0.39 is 0 Å². The Morgan fingerprint density at radius 2 is 2.26 bits per heavy atom. The van der Waals surface area contributed by atoms with Crippen molar-refractivity contribution in [3.8, 4) is 0 Å². The van der Waals surface area contributed by atoms with Crippen molar-refractivity contribution in [2.75, 3.05) is 7.05 Å². The molecule has 0 fully saturated rings. The van der Waals surface area contributed by atoms with Gasteiger partial charge in [-0.15, -0.1) is 22.7 Å². The zero-order valence-corrected chi connectivity index (χ0v) is 14.5. The maximum absolute atomic E-state index is 12.3. The topological polar surface area (TPSA) is 20.3 Å². The lowest BCUT2D eigenvalue weighted by Gasteiger charge is -2.22. The molecule has 0 aromatic carbocycles. The summed E-state index contributed by atoms with van der Waals surface area (Å²) in [7, 11) is 1.96. The molecule has 0 spiro atoms. The predicted molar refractivity (Wildman–Crippen MR) is 86.6 cm³/mol. The molecule has 2 aromatic heterocycles. The average molecular weight is 379 g/mol. The van der Waals surface area contributed by atoms with Crippen molar-refractivity contribution >= 4 is 56.0 Å². The smallest absolute Gasteiger partial charge is 0.189 e. The molecule has 2 nitrogen and oxygen atoms in total. The van der Waals surface area contributed by atoms with Gasteiger partial charge in [0.1, 0.15) is 0 Å². The van der Waals surface area contributed by atoms with Gasteiger partial charge in [-0.2, -0.15) is 0 Å². The van der Waals surface area contributed by atoms with E-state index in [1.54, 1.807) is 23.5 Å². The Bertz CT molecular complexity index is 581. The van der Waals surface area contributed by atoms with Crippen molar-refractivity contribution < 1.29 is 4.79 Å². The van der Waals surface area contributed by atoms with E-state index in [1.165, 1.54) is 16.9 Å². The molecule has 0 radical (unpaired) electrons. The molecular formula is C13H13BrClNOS2. The lowest BCUT2D eigenvalue weighted by molar-refractivity contribution is 0.0866. The molecule has 0 saturated carbocycles. The van der Waals surface area contributed by atoms with Gasteiger partial charge in [0, 0.05) is 6.54 Å². The second kappa shape index (κ2) is 6.50. The zero-order valence-electron chi connectivity index (χ0n) is 10.5. The molecule has 6 heteroatoms. The van der Waals surface area contributed by atoms with Gasteiger partial charge in [-0.25, -0.2) is 0 Å². The van der Waals surface area contributed by atoms with E-state index in [0.29, 0.717) is 4.34 Å². The summed E-state index contributed by atoms with van der Waals surface area (Å²) in [6.45, 7) is 2.69. The first-order valence-electron chi connectivity index (χ1n) is 5.70. The number of likely N-dealkylation sites (N-methyl/N-ethyl adjacent to an activating group) is 1. The van der Waals surface area contributed by atoms with E-state index in [4.69, 9.17) is 11.6 Å². The number of hydrogen-bond donors (Lipinski definition) is 0. The van der Waals surface area contributed by atoms with E-state index in [2.05, 4.69) is 27.4 Å². The minimum Gasteiger partial charge on any atom is -0.292 e. The number of thiophene rings is 2. The molecule has 1 atom stereocenters. The van der Waals surface area contributed by atoms with Crippen molar-refractivity contribution in [1.82, 2.24) is 4.90 Å². The van der Waals surface area contributed by atoms with Gasteiger partial charge in [0.15, 0.2) is 5.78 Å². The lowest BCUT2D eigenvalue weighted by Crippen LogP contribution is -2.35. The third-order valence-corrected chi connectivity index (χ3v) is 5.71. The largest absolute Gasteiger partial charge is 0.292 e. The quantitative estimate of drug-likeness (QED) is 0.688. The van der Waals surface area contributed by atoms with E-state index in [0.717, 1.165) is 15.2 Å². The van der Waals surface area contributed by atoms with Crippen molar-refractivity contribution in [2.45, 2.75) is 19.5 Å². The summed E-state index contributed by atoms with van der Waals surface area (Å²) in [5.74, 6) is 0.119. The highest BCUT2D eigenvalue weighted by Crippen LogP contribution is 2.25. The van der Waals surface area contributed by atoms with Crippen LogP contribution < -0.4 is 0 Å². The fraction of sp³-hybridized carbons (Fsp3) is 0.308. The summed E-state index contributed by atoms with van der Waals surface area (Å²) in [5.41, 5.74) is 1.21. The first-order chi connectivity index (χ1) is 8.97. The Morgan fingerprint density at radius 1 is 1.53 bits per heavy atom. The Hall–Kier alpha value is -0.200. The van der Waals surface area contributed by atoms with Crippen molar-refractivity contribution in [3.63, 3.8) is 0 Å². The van der Waals surface area contributed by atoms with Crippen LogP contribution in [0.5, 0.6) is 0 Å². The number of ketones is 1. The highest BCUT2D eigenvalue weighted by atomic mass is 79.9. The molecule has 0 N–H and O–H groups in total. The van der Waals surface area contributed by atoms with E-state index in [-0.39, 0.29) is 11.8 Å². The number of carbonyl (C=O) groups excluding carboxylic acids is 1. The Labute approximate surface area is 134 Å². The van der Waals surface area contributed by atoms with Gasteiger partial charge in [0.2, 0.25) is 0 Å². The standard InChI is InChI=1S/C13H13BrClNOS2/c1-8(13(17)10-3-4-12(15)19-10)16(2)6-9-5-11(14)18-7-9/h3-5,7-8H,6H2,1-2H3. The minimum absolute atomic E-state index is 0.119. The van der Waals surface area contributed by atoms with Crippen LogP contribution in [0.4, 0.5) is 0 Å². The second-order valence-corrected chi connectivity index (χ2v) is 8.32. The SMILES string of the molecule is CC(C(=O)c1ccc(Cl)s1)N(C)Cc1csc(Br)c1. The monoisotopic (exact) mass is 377 g/mol. The maximum Gasteiger partial charge on any atom is 0.189 e. The molecule has 0 aliphatic rings. The predicted octanol–water partition coefficient (Wildman–Crippen LogP) is 4.93. The van der Waals surface area contributed by atoms with Crippen LogP contribution in [0.3, 0.4) is 0 Å². The molecule has 19 heavy (non-hydrogen) atoms. The highest BCUT2D eigenvalue weighted by molar-refractivity contribution is 9.11. The Morgan fingerprint density at radius 3 is 2.79 bits per heavy atom. The van der Waals surface area contributed by atoms with Crippen LogP contribution in [0.2, 0.25) is 4.34 Å². The van der Waals surface area contributed by atoms with Crippen LogP contribution in [0, 0.1) is 0 Å². The normalized spacial score (nSPS) is 12.9. The number of halogens is 2. The Kier molecular flexibility index (Phi) is 5.20. The number of nitrogens with zero attached hydrogens (tertiary/aromatic N) is 1. The van der Waals surface area contributed by atoms with Gasteiger partial charge in [-0.3, -0.25) is 9.69 Å². The molecule has 102 valence electrons. The number of rotatable bonds is 5. The van der Waals surface area contributed by atoms with Crippen LogP contribution in [0.1, 0.15) is 22.2 Å². The van der Waals surface area contributed by atoms with Gasteiger partial charge < -0.3 is 0 Å². The maximum atomic E-state index is 12.3. The molecule has 1 unspecified atom stereocenters. The molecule has 0 bridgehead atoms. The molecule has 0 aliphatic carbocycles. The molecule has 2 rings (SSSR count). The van der Waals surface area contributed by atoms with Crippen molar-refractivity contribution in [1.29, 1.82) is 0 Å². The minimum atomic E-state index is -0.159. The molecule has 2 heterocycles. The van der Waals surface area contributed by atoms with E-state index >= 15 is 0 Å². The first kappa shape index (κ1) is 15.2. The summed E-state index contributed by atoms with van der Waals surface area (Å²) in [5, 5.41) is 2.10. The van der Waals surface area contributed by atoms with Crippen LogP contribution in [-0.4, -0.2) is 23.8 Å². The number of hydrogen-bond acceptors (Lipinski definition) is 4. The fourth-order valence-corrected chi connectivity index (χ4v) is 3.97. The van der Waals surface area contributed by atoms with Crippen molar-refractivity contribution in [3.05, 3.63) is 42.1 Å². The van der Waals surface area contributed by atoms with Gasteiger partial charge in [0.25, 0.3) is 0 Å². The second-order valence-electron chi connectivity index (χ2n) is 4.32. The molecule has 0 aliphatic heterocycles. The third kappa shape index (κ3) is 3.89. The Balaban J connectivity index is 2.02. The molecular weight excluding hydrogens is 366 g/mol. The highest BCUT2D eigenvalue weighted by Gasteiger charge is 2.21. The average Bonchev–Trinajstić information content (AvgIpc) is 2.96. The zero-order chi connectivity index (χ0) is 14.0. The summed E-state index contributed by atoms with van der Waals surface area (Å²) >= 11 is 12.3. The van der Waals surface area contributed by atoms with Gasteiger partial charge in [-0.1, -0.05) is 11.6 Å². The van der Waals surface area contributed by atoms with Crippen molar-refractivity contribution in [2.24, 2.45) is 0 Å².